The lowest BCUT2D eigenvalue weighted by molar-refractivity contribution is -0.0498. The van der Waals surface area contributed by atoms with Crippen molar-refractivity contribution >= 4 is 11.7 Å². The molecule has 0 aliphatic heterocycles. The molecular weight excluding hydrogens is 314 g/mol. The Hall–Kier alpha value is -2.63. The van der Waals surface area contributed by atoms with Gasteiger partial charge in [0.05, 0.1) is 6.04 Å². The topological polar surface area (TPSA) is 50.4 Å². The molecule has 2 aromatic carbocycles. The standard InChI is InChI=1S/C18H18F2N2O2/c19-17(20)24-15-10-8-14(9-11-15)21-18(23)22-16(13-6-7-13)12-4-2-1-3-5-12/h1-5,8-11,13,16-17H,6-7H2,(H2,21,22,23). The number of benzene rings is 2. The summed E-state index contributed by atoms with van der Waals surface area (Å²) in [6, 6.07) is 15.3. The SMILES string of the molecule is O=C(Nc1ccc(OC(F)F)cc1)NC(c1ccccc1)C1CC1. The van der Waals surface area contributed by atoms with Gasteiger partial charge in [0.15, 0.2) is 0 Å². The number of hydrogen-bond acceptors (Lipinski definition) is 2. The van der Waals surface area contributed by atoms with Crippen LogP contribution in [0.1, 0.15) is 24.4 Å². The lowest BCUT2D eigenvalue weighted by atomic mass is 10.0. The molecule has 24 heavy (non-hydrogen) atoms. The first-order chi connectivity index (χ1) is 11.6. The molecule has 1 fully saturated rings. The number of nitrogens with one attached hydrogen (secondary N) is 2. The van der Waals surface area contributed by atoms with Gasteiger partial charge < -0.3 is 15.4 Å². The second-order valence-electron chi connectivity index (χ2n) is 5.73. The van der Waals surface area contributed by atoms with Gasteiger partial charge >= 0.3 is 12.6 Å². The summed E-state index contributed by atoms with van der Waals surface area (Å²) in [5.74, 6) is 0.510. The number of rotatable bonds is 6. The Morgan fingerprint density at radius 3 is 2.29 bits per heavy atom. The minimum Gasteiger partial charge on any atom is -0.435 e. The molecule has 2 amide bonds. The Morgan fingerprint density at radius 1 is 1.04 bits per heavy atom. The molecule has 2 aromatic rings. The summed E-state index contributed by atoms with van der Waals surface area (Å²) in [6.45, 7) is -2.86. The van der Waals surface area contributed by atoms with E-state index in [9.17, 15) is 13.6 Å². The van der Waals surface area contributed by atoms with E-state index in [0.29, 0.717) is 11.6 Å². The minimum absolute atomic E-state index is 0.0207. The Balaban J connectivity index is 1.60. The van der Waals surface area contributed by atoms with Crippen LogP contribution in [-0.2, 0) is 0 Å². The van der Waals surface area contributed by atoms with Crippen molar-refractivity contribution in [2.45, 2.75) is 25.5 Å². The van der Waals surface area contributed by atoms with Crippen molar-refractivity contribution in [3.05, 3.63) is 60.2 Å². The second kappa shape index (κ2) is 7.29. The van der Waals surface area contributed by atoms with E-state index < -0.39 is 6.61 Å². The van der Waals surface area contributed by atoms with Crippen molar-refractivity contribution in [2.75, 3.05) is 5.32 Å². The fraction of sp³-hybridized carbons (Fsp3) is 0.278. The minimum atomic E-state index is -2.86. The van der Waals surface area contributed by atoms with Gasteiger partial charge in [0.1, 0.15) is 5.75 Å². The predicted molar refractivity (Wildman–Crippen MR) is 87.1 cm³/mol. The second-order valence-corrected chi connectivity index (χ2v) is 5.73. The summed E-state index contributed by atoms with van der Waals surface area (Å²) in [6.07, 6.45) is 2.19. The zero-order chi connectivity index (χ0) is 16.9. The maximum Gasteiger partial charge on any atom is 0.387 e. The highest BCUT2D eigenvalue weighted by Crippen LogP contribution is 2.40. The number of hydrogen-bond donors (Lipinski definition) is 2. The van der Waals surface area contributed by atoms with E-state index in [1.54, 1.807) is 0 Å². The number of carbonyl (C=O) groups is 1. The molecule has 4 nitrogen and oxygen atoms in total. The predicted octanol–water partition coefficient (Wildman–Crippen LogP) is 4.56. The Kier molecular flexibility index (Phi) is 4.93. The number of urea groups is 1. The van der Waals surface area contributed by atoms with Crippen LogP contribution >= 0.6 is 0 Å². The lowest BCUT2D eigenvalue weighted by Gasteiger charge is -2.19. The van der Waals surface area contributed by atoms with Crippen LogP contribution in [0.25, 0.3) is 0 Å². The van der Waals surface area contributed by atoms with Crippen LogP contribution in [0.4, 0.5) is 19.3 Å². The zero-order valence-electron chi connectivity index (χ0n) is 12.9. The van der Waals surface area contributed by atoms with Crippen LogP contribution in [0.3, 0.4) is 0 Å². The summed E-state index contributed by atoms with van der Waals surface area (Å²) in [7, 11) is 0. The van der Waals surface area contributed by atoms with Crippen LogP contribution in [0.5, 0.6) is 5.75 Å². The zero-order valence-corrected chi connectivity index (χ0v) is 12.9. The molecule has 126 valence electrons. The molecule has 1 aliphatic carbocycles. The number of halogens is 2. The third-order valence-electron chi connectivity index (χ3n) is 3.88. The molecule has 3 rings (SSSR count). The molecule has 1 saturated carbocycles. The molecule has 0 heterocycles. The average Bonchev–Trinajstić information content (AvgIpc) is 3.40. The van der Waals surface area contributed by atoms with Gasteiger partial charge in [-0.1, -0.05) is 30.3 Å². The smallest absolute Gasteiger partial charge is 0.387 e. The number of carbonyl (C=O) groups excluding carboxylic acids is 1. The molecule has 0 aromatic heterocycles. The molecule has 2 N–H and O–H groups in total. The first-order valence-electron chi connectivity index (χ1n) is 7.79. The van der Waals surface area contributed by atoms with Crippen molar-refractivity contribution in [1.82, 2.24) is 5.32 Å². The average molecular weight is 332 g/mol. The van der Waals surface area contributed by atoms with Crippen LogP contribution < -0.4 is 15.4 Å². The Bertz CT molecular complexity index is 673. The van der Waals surface area contributed by atoms with E-state index in [1.165, 1.54) is 24.3 Å². The maximum absolute atomic E-state index is 12.2. The van der Waals surface area contributed by atoms with E-state index in [1.807, 2.05) is 30.3 Å². The third-order valence-corrected chi connectivity index (χ3v) is 3.88. The van der Waals surface area contributed by atoms with Gasteiger partial charge in [-0.3, -0.25) is 0 Å². The van der Waals surface area contributed by atoms with E-state index >= 15 is 0 Å². The van der Waals surface area contributed by atoms with Crippen molar-refractivity contribution in [3.63, 3.8) is 0 Å². The number of ether oxygens (including phenoxy) is 1. The van der Waals surface area contributed by atoms with Gasteiger partial charge in [0, 0.05) is 5.69 Å². The van der Waals surface area contributed by atoms with Crippen molar-refractivity contribution in [3.8, 4) is 5.75 Å². The van der Waals surface area contributed by atoms with E-state index in [2.05, 4.69) is 15.4 Å². The fourth-order valence-electron chi connectivity index (χ4n) is 2.59. The van der Waals surface area contributed by atoms with Gasteiger partial charge in [-0.25, -0.2) is 4.79 Å². The number of amides is 2. The summed E-state index contributed by atoms with van der Waals surface area (Å²) >= 11 is 0. The van der Waals surface area contributed by atoms with E-state index in [4.69, 9.17) is 0 Å². The highest BCUT2D eigenvalue weighted by Gasteiger charge is 2.33. The first-order valence-corrected chi connectivity index (χ1v) is 7.79. The Morgan fingerprint density at radius 2 is 1.71 bits per heavy atom. The molecule has 6 heteroatoms. The van der Waals surface area contributed by atoms with Crippen molar-refractivity contribution in [2.24, 2.45) is 5.92 Å². The highest BCUT2D eigenvalue weighted by molar-refractivity contribution is 5.89. The van der Waals surface area contributed by atoms with Gasteiger partial charge in [0.2, 0.25) is 0 Å². The van der Waals surface area contributed by atoms with Crippen LogP contribution in [0, 0.1) is 5.92 Å². The first kappa shape index (κ1) is 16.2. The molecule has 0 saturated heterocycles. The maximum atomic E-state index is 12.2. The normalized spacial score (nSPS) is 15.0. The fourth-order valence-corrected chi connectivity index (χ4v) is 2.59. The molecule has 1 aliphatic rings. The third kappa shape index (κ3) is 4.44. The van der Waals surface area contributed by atoms with Crippen LogP contribution in [0.2, 0.25) is 0 Å². The van der Waals surface area contributed by atoms with Crippen molar-refractivity contribution < 1.29 is 18.3 Å². The quantitative estimate of drug-likeness (QED) is 0.815. The lowest BCUT2D eigenvalue weighted by Crippen LogP contribution is -2.33. The summed E-state index contributed by atoms with van der Waals surface area (Å²) in [4.78, 5) is 12.2. The summed E-state index contributed by atoms with van der Waals surface area (Å²) in [5, 5.41) is 5.70. The van der Waals surface area contributed by atoms with Crippen LogP contribution in [0.15, 0.2) is 54.6 Å². The van der Waals surface area contributed by atoms with E-state index in [0.717, 1.165) is 18.4 Å². The number of alkyl halides is 2. The van der Waals surface area contributed by atoms with Crippen LogP contribution in [-0.4, -0.2) is 12.6 Å². The largest absolute Gasteiger partial charge is 0.435 e. The monoisotopic (exact) mass is 332 g/mol. The summed E-state index contributed by atoms with van der Waals surface area (Å²) in [5.41, 5.74) is 1.59. The molecule has 1 atom stereocenters. The molecular formula is C18H18F2N2O2. The molecule has 0 radical (unpaired) electrons. The molecule has 0 bridgehead atoms. The number of anilines is 1. The van der Waals surface area contributed by atoms with Gasteiger partial charge in [-0.15, -0.1) is 0 Å². The van der Waals surface area contributed by atoms with Gasteiger partial charge in [-0.2, -0.15) is 8.78 Å². The summed E-state index contributed by atoms with van der Waals surface area (Å²) < 4.78 is 28.5. The van der Waals surface area contributed by atoms with Gasteiger partial charge in [0.25, 0.3) is 0 Å². The highest BCUT2D eigenvalue weighted by atomic mass is 19.3. The molecule has 1 unspecified atom stereocenters. The Labute approximate surface area is 138 Å². The van der Waals surface area contributed by atoms with Gasteiger partial charge in [-0.05, 0) is 48.6 Å². The molecule has 0 spiro atoms. The van der Waals surface area contributed by atoms with Crippen molar-refractivity contribution in [1.29, 1.82) is 0 Å². The van der Waals surface area contributed by atoms with E-state index in [-0.39, 0.29) is 17.8 Å².